The van der Waals surface area contributed by atoms with Crippen LogP contribution in [0.1, 0.15) is 47.5 Å². The maximum atomic E-state index is 11.3. The van der Waals surface area contributed by atoms with Gasteiger partial charge in [0.2, 0.25) is 0 Å². The van der Waals surface area contributed by atoms with Gasteiger partial charge in [0.25, 0.3) is 0 Å². The van der Waals surface area contributed by atoms with Gasteiger partial charge in [-0.1, -0.05) is 28.2 Å². The summed E-state index contributed by atoms with van der Waals surface area (Å²) in [4.78, 5) is 11.3. The second-order valence-corrected chi connectivity index (χ2v) is 5.06. The van der Waals surface area contributed by atoms with Crippen LogP contribution in [-0.4, -0.2) is 25.3 Å². The van der Waals surface area contributed by atoms with E-state index in [1.165, 1.54) is 0 Å². The molecular formula is C12H24O3. The number of esters is 1. The van der Waals surface area contributed by atoms with Crippen molar-refractivity contribution in [2.75, 3.05) is 13.2 Å². The van der Waals surface area contributed by atoms with E-state index in [2.05, 4.69) is 0 Å². The van der Waals surface area contributed by atoms with Crippen LogP contribution in [0.15, 0.2) is 0 Å². The van der Waals surface area contributed by atoms with E-state index in [1.807, 2.05) is 20.8 Å². The summed E-state index contributed by atoms with van der Waals surface area (Å²) in [5, 5.41) is 0. The molecule has 1 rings (SSSR count). The molecule has 1 atom stereocenters. The largest absolute Gasteiger partial charge is 0.463 e. The lowest BCUT2D eigenvalue weighted by Gasteiger charge is -2.17. The van der Waals surface area contributed by atoms with E-state index in [9.17, 15) is 4.79 Å². The van der Waals surface area contributed by atoms with Gasteiger partial charge in [-0.25, -0.2) is 0 Å². The molecule has 1 aliphatic rings. The molecule has 0 bridgehead atoms. The zero-order valence-electron chi connectivity index (χ0n) is 9.34. The van der Waals surface area contributed by atoms with E-state index in [4.69, 9.17) is 9.47 Å². The van der Waals surface area contributed by atoms with Crippen molar-refractivity contribution in [3.05, 3.63) is 0 Å². The van der Waals surface area contributed by atoms with Crippen LogP contribution < -0.4 is 0 Å². The van der Waals surface area contributed by atoms with Gasteiger partial charge in [0.1, 0.15) is 6.61 Å². The Balaban J connectivity index is 0.00000196. The fourth-order valence-electron chi connectivity index (χ4n) is 1.45. The molecule has 0 radical (unpaired) electrons. The molecule has 0 saturated carbocycles. The molecule has 0 aliphatic carbocycles. The van der Waals surface area contributed by atoms with Crippen LogP contribution in [0.2, 0.25) is 0 Å². The lowest BCUT2D eigenvalue weighted by atomic mass is 9.92. The van der Waals surface area contributed by atoms with Crippen molar-refractivity contribution in [2.45, 2.75) is 53.6 Å². The average molecular weight is 216 g/mol. The van der Waals surface area contributed by atoms with E-state index >= 15 is 0 Å². The Labute approximate surface area is 93.1 Å². The summed E-state index contributed by atoms with van der Waals surface area (Å²) in [7, 11) is 0. The number of carbonyl (C=O) groups is 1. The highest BCUT2D eigenvalue weighted by Gasteiger charge is 2.20. The SMILES string of the molecule is C.CC(C)(C)CC(=O)OCC1CCCO1. The number of ether oxygens (including phenoxy) is 2. The highest BCUT2D eigenvalue weighted by Crippen LogP contribution is 2.19. The molecule has 0 N–H and O–H groups in total. The summed E-state index contributed by atoms with van der Waals surface area (Å²) in [6.07, 6.45) is 2.71. The number of hydrogen-bond donors (Lipinski definition) is 0. The van der Waals surface area contributed by atoms with E-state index in [1.54, 1.807) is 0 Å². The van der Waals surface area contributed by atoms with Crippen molar-refractivity contribution >= 4 is 5.97 Å². The first kappa shape index (κ1) is 14.4. The minimum absolute atomic E-state index is 0. The predicted molar refractivity (Wildman–Crippen MR) is 60.7 cm³/mol. The summed E-state index contributed by atoms with van der Waals surface area (Å²) in [5.74, 6) is -0.118. The molecule has 90 valence electrons. The lowest BCUT2D eigenvalue weighted by molar-refractivity contribution is -0.148. The maximum Gasteiger partial charge on any atom is 0.306 e. The van der Waals surface area contributed by atoms with Gasteiger partial charge in [0.15, 0.2) is 0 Å². The Morgan fingerprint density at radius 3 is 2.60 bits per heavy atom. The van der Waals surface area contributed by atoms with Crippen molar-refractivity contribution in [2.24, 2.45) is 5.41 Å². The maximum absolute atomic E-state index is 11.3. The molecule has 1 aliphatic heterocycles. The van der Waals surface area contributed by atoms with Crippen LogP contribution in [0.3, 0.4) is 0 Å². The molecule has 0 amide bonds. The minimum atomic E-state index is -0.118. The van der Waals surface area contributed by atoms with Gasteiger partial charge < -0.3 is 9.47 Å². The monoisotopic (exact) mass is 216 g/mol. The highest BCUT2D eigenvalue weighted by molar-refractivity contribution is 5.70. The molecule has 0 aromatic carbocycles. The zero-order valence-corrected chi connectivity index (χ0v) is 9.34. The molecule has 0 aromatic rings. The Bertz CT molecular complexity index is 188. The van der Waals surface area contributed by atoms with Gasteiger partial charge in [0, 0.05) is 6.61 Å². The molecule has 0 aromatic heterocycles. The summed E-state index contributed by atoms with van der Waals surface area (Å²) in [5.41, 5.74) is 0.00756. The molecule has 1 saturated heterocycles. The molecule has 3 nitrogen and oxygen atoms in total. The second kappa shape index (κ2) is 6.11. The zero-order chi connectivity index (χ0) is 10.6. The van der Waals surface area contributed by atoms with Gasteiger partial charge in [-0.2, -0.15) is 0 Å². The van der Waals surface area contributed by atoms with Crippen LogP contribution >= 0.6 is 0 Å². The van der Waals surface area contributed by atoms with Crippen molar-refractivity contribution in [1.29, 1.82) is 0 Å². The predicted octanol–water partition coefficient (Wildman–Crippen LogP) is 2.78. The number of rotatable bonds is 3. The quantitative estimate of drug-likeness (QED) is 0.680. The number of carbonyl (C=O) groups excluding carboxylic acids is 1. The third kappa shape index (κ3) is 6.50. The summed E-state index contributed by atoms with van der Waals surface area (Å²) >= 11 is 0. The van der Waals surface area contributed by atoms with Gasteiger partial charge in [-0.3, -0.25) is 4.79 Å². The Morgan fingerprint density at radius 2 is 2.13 bits per heavy atom. The van der Waals surface area contributed by atoms with Crippen LogP contribution in [0.5, 0.6) is 0 Å². The van der Waals surface area contributed by atoms with E-state index in [-0.39, 0.29) is 24.9 Å². The molecular weight excluding hydrogens is 192 g/mol. The summed E-state index contributed by atoms with van der Waals surface area (Å²) in [6.45, 7) is 7.32. The van der Waals surface area contributed by atoms with E-state index < -0.39 is 0 Å². The van der Waals surface area contributed by atoms with Crippen molar-refractivity contribution in [3.8, 4) is 0 Å². The average Bonchev–Trinajstić information content (AvgIpc) is 2.49. The third-order valence-corrected chi connectivity index (χ3v) is 2.13. The third-order valence-electron chi connectivity index (χ3n) is 2.13. The fourth-order valence-corrected chi connectivity index (χ4v) is 1.45. The summed E-state index contributed by atoms with van der Waals surface area (Å²) < 4.78 is 10.5. The first-order valence-corrected chi connectivity index (χ1v) is 5.24. The molecule has 15 heavy (non-hydrogen) atoms. The van der Waals surface area contributed by atoms with Crippen LogP contribution in [0.25, 0.3) is 0 Å². The van der Waals surface area contributed by atoms with Crippen LogP contribution in [0.4, 0.5) is 0 Å². The first-order valence-electron chi connectivity index (χ1n) is 5.24. The fraction of sp³-hybridized carbons (Fsp3) is 0.917. The molecule has 1 unspecified atom stereocenters. The Hall–Kier alpha value is -0.570. The van der Waals surface area contributed by atoms with Gasteiger partial charge in [-0.05, 0) is 18.3 Å². The molecule has 1 fully saturated rings. The molecule has 3 heteroatoms. The van der Waals surface area contributed by atoms with Crippen LogP contribution in [0, 0.1) is 5.41 Å². The van der Waals surface area contributed by atoms with E-state index in [0.29, 0.717) is 13.0 Å². The topological polar surface area (TPSA) is 35.5 Å². The summed E-state index contributed by atoms with van der Waals surface area (Å²) in [6, 6.07) is 0. The number of hydrogen-bond acceptors (Lipinski definition) is 3. The first-order chi connectivity index (χ1) is 6.47. The van der Waals surface area contributed by atoms with Gasteiger partial charge >= 0.3 is 5.97 Å². The van der Waals surface area contributed by atoms with E-state index in [0.717, 1.165) is 19.4 Å². The molecule has 1 heterocycles. The lowest BCUT2D eigenvalue weighted by Crippen LogP contribution is -2.21. The van der Waals surface area contributed by atoms with Crippen molar-refractivity contribution in [1.82, 2.24) is 0 Å². The molecule has 0 spiro atoms. The Morgan fingerprint density at radius 1 is 1.47 bits per heavy atom. The Kier molecular flexibility index (Phi) is 5.88. The normalized spacial score (nSPS) is 20.9. The minimum Gasteiger partial charge on any atom is -0.463 e. The van der Waals surface area contributed by atoms with Crippen molar-refractivity contribution in [3.63, 3.8) is 0 Å². The second-order valence-electron chi connectivity index (χ2n) is 5.06. The smallest absolute Gasteiger partial charge is 0.306 e. The van der Waals surface area contributed by atoms with Crippen molar-refractivity contribution < 1.29 is 14.3 Å². The standard InChI is InChI=1S/C11H20O3.CH4/c1-11(2,3)7-10(12)14-8-9-5-4-6-13-9;/h9H,4-8H2,1-3H3;1H4. The van der Waals surface area contributed by atoms with Gasteiger partial charge in [-0.15, -0.1) is 0 Å². The van der Waals surface area contributed by atoms with Gasteiger partial charge in [0.05, 0.1) is 12.5 Å². The van der Waals surface area contributed by atoms with Crippen LogP contribution in [-0.2, 0) is 14.3 Å². The highest BCUT2D eigenvalue weighted by atomic mass is 16.6.